The molecule has 1 aromatic heterocycles. The number of thioether (sulfide) groups is 1. The van der Waals surface area contributed by atoms with Gasteiger partial charge in [0.05, 0.1) is 11.5 Å². The first kappa shape index (κ1) is 29.4. The molecule has 1 heterocycles. The van der Waals surface area contributed by atoms with Gasteiger partial charge in [0.1, 0.15) is 17.2 Å². The molecule has 0 bridgehead atoms. The van der Waals surface area contributed by atoms with E-state index in [9.17, 15) is 13.2 Å². The average Bonchev–Trinajstić information content (AvgIpc) is 3.24. The van der Waals surface area contributed by atoms with Gasteiger partial charge in [-0.25, -0.2) is 9.78 Å². The normalized spacial score (nSPS) is 11.7. The molecule has 0 unspecified atom stereocenters. The molecule has 0 aliphatic carbocycles. The zero-order chi connectivity index (χ0) is 27.9. The fraction of sp³-hybridized carbons (Fsp3) is 0.393. The van der Waals surface area contributed by atoms with Gasteiger partial charge in [0, 0.05) is 27.1 Å². The smallest absolute Gasteiger partial charge is 0.357 e. The number of esters is 1. The van der Waals surface area contributed by atoms with Crippen LogP contribution in [0, 0.1) is 6.92 Å². The summed E-state index contributed by atoms with van der Waals surface area (Å²) >= 11 is 1.44. The molecule has 204 valence electrons. The summed E-state index contributed by atoms with van der Waals surface area (Å²) in [5.41, 5.74) is 4.16. The van der Waals surface area contributed by atoms with Crippen LogP contribution in [-0.4, -0.2) is 62.1 Å². The summed E-state index contributed by atoms with van der Waals surface area (Å²) in [7, 11) is -0.375. The van der Waals surface area contributed by atoms with Crippen LogP contribution in [0.1, 0.15) is 54.1 Å². The lowest BCUT2D eigenvalue weighted by Crippen LogP contribution is -2.16. The molecule has 0 aliphatic rings. The minimum absolute atomic E-state index is 0.142. The maximum absolute atomic E-state index is 12.8. The lowest BCUT2D eigenvalue weighted by Gasteiger charge is -2.13. The third-order valence-corrected chi connectivity index (χ3v) is 7.85. The summed E-state index contributed by atoms with van der Waals surface area (Å²) in [6.45, 7) is 6.65. The average molecular weight is 557 g/mol. The number of sulfonamides is 1. The SMILES string of the molecule is CCCCc1nc(SC)c(C(=O)OCC)n1Cc1ccc(-c2cc(S(=O)(=O)N=CN(C)C)ccc2C)cc1. The summed E-state index contributed by atoms with van der Waals surface area (Å²) in [5.74, 6) is 0.504. The predicted molar refractivity (Wildman–Crippen MR) is 154 cm³/mol. The van der Waals surface area contributed by atoms with Crippen LogP contribution in [0.4, 0.5) is 0 Å². The molecule has 0 N–H and O–H groups in total. The minimum Gasteiger partial charge on any atom is -0.461 e. The van der Waals surface area contributed by atoms with Crippen LogP contribution in [-0.2, 0) is 27.7 Å². The first-order valence-corrected chi connectivity index (χ1v) is 15.2. The number of carbonyl (C=O) groups excluding carboxylic acids is 1. The molecule has 3 aromatic rings. The van der Waals surface area contributed by atoms with Crippen molar-refractivity contribution in [2.75, 3.05) is 27.0 Å². The number of nitrogens with zero attached hydrogens (tertiary/aromatic N) is 4. The Morgan fingerprint density at radius 3 is 2.47 bits per heavy atom. The molecule has 0 saturated heterocycles. The first-order chi connectivity index (χ1) is 18.1. The molecule has 0 spiro atoms. The van der Waals surface area contributed by atoms with Gasteiger partial charge >= 0.3 is 5.97 Å². The van der Waals surface area contributed by atoms with E-state index in [1.807, 2.05) is 42.0 Å². The summed E-state index contributed by atoms with van der Waals surface area (Å²) in [5, 5.41) is 0.678. The van der Waals surface area contributed by atoms with E-state index >= 15 is 0 Å². The van der Waals surface area contributed by atoms with Gasteiger partial charge in [-0.05, 0) is 60.9 Å². The van der Waals surface area contributed by atoms with Crippen molar-refractivity contribution in [3.8, 4) is 11.1 Å². The van der Waals surface area contributed by atoms with E-state index in [0.29, 0.717) is 23.9 Å². The van der Waals surface area contributed by atoms with E-state index in [1.165, 1.54) is 18.1 Å². The van der Waals surface area contributed by atoms with Crippen LogP contribution in [0.25, 0.3) is 11.1 Å². The number of aryl methyl sites for hydroxylation is 2. The number of rotatable bonds is 12. The highest BCUT2D eigenvalue weighted by Crippen LogP contribution is 2.29. The van der Waals surface area contributed by atoms with E-state index < -0.39 is 10.0 Å². The molecule has 10 heteroatoms. The van der Waals surface area contributed by atoms with E-state index in [-0.39, 0.29) is 10.9 Å². The second-order valence-electron chi connectivity index (χ2n) is 9.13. The number of carbonyl (C=O) groups is 1. The number of hydrogen-bond donors (Lipinski definition) is 0. The Morgan fingerprint density at radius 2 is 1.87 bits per heavy atom. The highest BCUT2D eigenvalue weighted by molar-refractivity contribution is 7.98. The largest absolute Gasteiger partial charge is 0.461 e. The molecule has 2 aromatic carbocycles. The van der Waals surface area contributed by atoms with Gasteiger partial charge < -0.3 is 14.2 Å². The maximum Gasteiger partial charge on any atom is 0.357 e. The van der Waals surface area contributed by atoms with E-state index in [2.05, 4.69) is 11.3 Å². The van der Waals surface area contributed by atoms with Gasteiger partial charge in [0.15, 0.2) is 5.69 Å². The zero-order valence-corrected chi connectivity index (χ0v) is 24.5. The standard InChI is InChI=1S/C28H36N4O4S2/c1-7-9-10-25-30-27(37-6)26(28(33)36-8-2)32(25)18-21-12-14-22(15-13-21)24-17-23(16-11-20(24)3)38(34,35)29-19-31(4)5/h11-17,19H,7-10,18H2,1-6H3. The van der Waals surface area contributed by atoms with Crippen LogP contribution in [0.3, 0.4) is 0 Å². The Bertz CT molecular complexity index is 1390. The van der Waals surface area contributed by atoms with Crippen molar-refractivity contribution in [1.82, 2.24) is 14.5 Å². The fourth-order valence-corrected chi connectivity index (χ4v) is 5.50. The highest BCUT2D eigenvalue weighted by Gasteiger charge is 2.24. The Morgan fingerprint density at radius 1 is 1.16 bits per heavy atom. The van der Waals surface area contributed by atoms with Crippen molar-refractivity contribution in [3.63, 3.8) is 0 Å². The maximum atomic E-state index is 12.8. The summed E-state index contributed by atoms with van der Waals surface area (Å²) in [6, 6.07) is 13.0. The lowest BCUT2D eigenvalue weighted by atomic mass is 9.99. The zero-order valence-electron chi connectivity index (χ0n) is 22.9. The molecule has 0 atom stereocenters. The topological polar surface area (TPSA) is 93.9 Å². The van der Waals surface area contributed by atoms with Crippen molar-refractivity contribution in [3.05, 3.63) is 65.1 Å². The van der Waals surface area contributed by atoms with Crippen molar-refractivity contribution < 1.29 is 17.9 Å². The van der Waals surface area contributed by atoms with Crippen molar-refractivity contribution >= 4 is 34.1 Å². The molecule has 0 amide bonds. The monoisotopic (exact) mass is 556 g/mol. The number of hydrogen-bond acceptors (Lipinski definition) is 6. The quantitative estimate of drug-likeness (QED) is 0.127. The molecule has 0 saturated carbocycles. The second kappa shape index (κ2) is 13.1. The molecule has 38 heavy (non-hydrogen) atoms. The van der Waals surface area contributed by atoms with Gasteiger partial charge in [0.25, 0.3) is 10.0 Å². The highest BCUT2D eigenvalue weighted by atomic mass is 32.2. The fourth-order valence-electron chi connectivity index (χ4n) is 3.97. The van der Waals surface area contributed by atoms with Crippen molar-refractivity contribution in [1.29, 1.82) is 0 Å². The number of imidazole rings is 1. The van der Waals surface area contributed by atoms with Gasteiger partial charge in [-0.1, -0.05) is 43.7 Å². The van der Waals surface area contributed by atoms with Gasteiger partial charge in [-0.15, -0.1) is 16.2 Å². The Labute approximate surface area is 230 Å². The Kier molecular flexibility index (Phi) is 10.2. The van der Waals surface area contributed by atoms with Crippen molar-refractivity contribution in [2.45, 2.75) is 56.5 Å². The second-order valence-corrected chi connectivity index (χ2v) is 11.6. The van der Waals surface area contributed by atoms with Crippen LogP contribution in [0.2, 0.25) is 0 Å². The number of aromatic nitrogens is 2. The third-order valence-electron chi connectivity index (χ3n) is 5.96. The summed E-state index contributed by atoms with van der Waals surface area (Å²) < 4.78 is 36.4. The van der Waals surface area contributed by atoms with Crippen LogP contribution in [0.5, 0.6) is 0 Å². The predicted octanol–water partition coefficient (Wildman–Crippen LogP) is 5.43. The molecule has 0 radical (unpaired) electrons. The van der Waals surface area contributed by atoms with Gasteiger partial charge in [0.2, 0.25) is 0 Å². The van der Waals surface area contributed by atoms with Crippen LogP contribution in [0.15, 0.2) is 56.8 Å². The minimum atomic E-state index is -3.81. The third kappa shape index (κ3) is 7.05. The molecular weight excluding hydrogens is 520 g/mol. The molecular formula is C28H36N4O4S2. The number of benzene rings is 2. The number of unbranched alkanes of at least 4 members (excludes halogenated alkanes) is 1. The molecule has 0 fully saturated rings. The van der Waals surface area contributed by atoms with E-state index in [0.717, 1.165) is 47.3 Å². The Hall–Kier alpha value is -3.11. The lowest BCUT2D eigenvalue weighted by molar-refractivity contribution is 0.0509. The molecule has 8 nitrogen and oxygen atoms in total. The van der Waals surface area contributed by atoms with E-state index in [4.69, 9.17) is 9.72 Å². The van der Waals surface area contributed by atoms with E-state index in [1.54, 1.807) is 44.1 Å². The molecule has 0 aliphatic heterocycles. The van der Waals surface area contributed by atoms with Crippen LogP contribution < -0.4 is 0 Å². The first-order valence-electron chi connectivity index (χ1n) is 12.6. The van der Waals surface area contributed by atoms with Crippen LogP contribution >= 0.6 is 11.8 Å². The van der Waals surface area contributed by atoms with Gasteiger partial charge in [-0.2, -0.15) is 8.42 Å². The van der Waals surface area contributed by atoms with Crippen molar-refractivity contribution in [2.24, 2.45) is 4.40 Å². The summed E-state index contributed by atoms with van der Waals surface area (Å²) in [4.78, 5) is 19.3. The molecule has 3 rings (SSSR count). The summed E-state index contributed by atoms with van der Waals surface area (Å²) in [6.07, 6.45) is 5.97. The Balaban J connectivity index is 1.96. The number of ether oxygens (including phenoxy) is 1. The van der Waals surface area contributed by atoms with Gasteiger partial charge in [-0.3, -0.25) is 0 Å².